The molecule has 7 rings (SSSR count). The van der Waals surface area contributed by atoms with E-state index in [-0.39, 0.29) is 30.9 Å². The highest BCUT2D eigenvalue weighted by Gasteiger charge is 2.67. The summed E-state index contributed by atoms with van der Waals surface area (Å²) in [5.41, 5.74) is -1.41. The first kappa shape index (κ1) is 41.8. The summed E-state index contributed by atoms with van der Waals surface area (Å²) in [7, 11) is -2.60. The molecule has 2 bridgehead atoms. The van der Waals surface area contributed by atoms with E-state index in [9.17, 15) is 36.4 Å². The maximum atomic E-state index is 14.7. The fourth-order valence-electron chi connectivity index (χ4n) is 8.80. The zero-order chi connectivity index (χ0) is 41.7. The molecule has 15 nitrogen and oxygen atoms in total. The highest BCUT2D eigenvalue weighted by Crippen LogP contribution is 2.48. The van der Waals surface area contributed by atoms with Gasteiger partial charge in [-0.15, -0.1) is 0 Å². The molecular weight excluding hydrogens is 779 g/mol. The zero-order valence-electron chi connectivity index (χ0n) is 33.6. The van der Waals surface area contributed by atoms with Crippen molar-refractivity contribution in [1.29, 1.82) is 0 Å². The lowest BCUT2D eigenvalue weighted by atomic mass is 9.85. The fourth-order valence-corrected chi connectivity index (χ4v) is 10.2. The number of carbonyl (C=O) groups is 4. The number of alkyl carbamates (subject to hydrolysis) is 1. The summed E-state index contributed by atoms with van der Waals surface area (Å²) in [6, 6.07) is 2.73. The van der Waals surface area contributed by atoms with Crippen LogP contribution in [0.2, 0.25) is 0 Å². The highest BCUT2D eigenvalue weighted by atomic mass is 32.2. The minimum Gasteiger partial charge on any atom is -0.497 e. The van der Waals surface area contributed by atoms with Crippen molar-refractivity contribution in [1.82, 2.24) is 30.2 Å². The van der Waals surface area contributed by atoms with E-state index in [0.29, 0.717) is 54.1 Å². The SMILES string of the molecule is COc1ccc2nc3c(nc2c1)O[C@@H]1C[C@@H](C(=O)N[C@]2(C(=O)NS(=O)(=O)C4CC4)C[C@H]2C(F)F)N(C1)C(=O)[C@H](C(C)(C)C)NC(=O)O[C@@H]1CC[C@H](C)[C@H]1CCCCC3. The molecule has 0 spiro atoms. The smallest absolute Gasteiger partial charge is 0.408 e. The van der Waals surface area contributed by atoms with Crippen LogP contribution in [-0.4, -0.2) is 102 Å². The quantitative estimate of drug-likeness (QED) is 0.358. The Morgan fingerprint density at radius 3 is 2.47 bits per heavy atom. The molecule has 5 aliphatic rings. The van der Waals surface area contributed by atoms with Gasteiger partial charge in [-0.2, -0.15) is 0 Å². The number of ether oxygens (including phenoxy) is 3. The number of nitrogens with one attached hydrogen (secondary N) is 3. The van der Waals surface area contributed by atoms with Gasteiger partial charge >= 0.3 is 6.09 Å². The first-order chi connectivity index (χ1) is 27.4. The molecule has 3 N–H and O–H groups in total. The number of alkyl halides is 2. The van der Waals surface area contributed by atoms with Crippen LogP contribution in [0.15, 0.2) is 18.2 Å². The molecule has 2 aliphatic heterocycles. The summed E-state index contributed by atoms with van der Waals surface area (Å²) in [5, 5.41) is 4.42. The summed E-state index contributed by atoms with van der Waals surface area (Å²) in [6.07, 6.45) is 0.514. The van der Waals surface area contributed by atoms with Gasteiger partial charge in [-0.3, -0.25) is 19.1 Å². The van der Waals surface area contributed by atoms with Gasteiger partial charge in [0.1, 0.15) is 41.3 Å². The van der Waals surface area contributed by atoms with Crippen LogP contribution in [-0.2, 0) is 35.6 Å². The number of hydrogen-bond donors (Lipinski definition) is 3. The van der Waals surface area contributed by atoms with Gasteiger partial charge < -0.3 is 29.7 Å². The van der Waals surface area contributed by atoms with Crippen molar-refractivity contribution in [2.45, 2.75) is 140 Å². The Kier molecular flexibility index (Phi) is 11.5. The second-order valence-corrected chi connectivity index (χ2v) is 19.8. The van der Waals surface area contributed by atoms with Gasteiger partial charge in [-0.05, 0) is 80.8 Å². The molecule has 1 aromatic carbocycles. The molecule has 0 unspecified atom stereocenters. The first-order valence-corrected chi connectivity index (χ1v) is 21.9. The number of benzene rings is 1. The van der Waals surface area contributed by atoms with Gasteiger partial charge in [0.25, 0.3) is 5.91 Å². The number of methoxy groups -OCH3 is 1. The molecule has 58 heavy (non-hydrogen) atoms. The van der Waals surface area contributed by atoms with Crippen molar-refractivity contribution in [3.63, 3.8) is 0 Å². The lowest BCUT2D eigenvalue weighted by Gasteiger charge is -2.35. The molecule has 2 aromatic rings. The number of carbonyl (C=O) groups excluding carboxylic acids is 4. The Morgan fingerprint density at radius 2 is 1.79 bits per heavy atom. The van der Waals surface area contributed by atoms with E-state index in [1.807, 2.05) is 4.72 Å². The van der Waals surface area contributed by atoms with E-state index in [2.05, 4.69) is 17.6 Å². The van der Waals surface area contributed by atoms with Crippen LogP contribution in [0.5, 0.6) is 11.6 Å². The summed E-state index contributed by atoms with van der Waals surface area (Å²) >= 11 is 0. The average Bonchev–Trinajstić information content (AvgIpc) is 4.07. The van der Waals surface area contributed by atoms with E-state index < -0.39 is 87.0 Å². The maximum Gasteiger partial charge on any atom is 0.408 e. The van der Waals surface area contributed by atoms with Crippen LogP contribution >= 0.6 is 0 Å². The molecule has 3 saturated carbocycles. The number of rotatable bonds is 7. The third kappa shape index (κ3) is 8.67. The van der Waals surface area contributed by atoms with Crippen molar-refractivity contribution in [2.24, 2.45) is 23.2 Å². The topological polar surface area (TPSA) is 195 Å². The Hall–Kier alpha value is -4.35. The van der Waals surface area contributed by atoms with Crippen LogP contribution in [0.3, 0.4) is 0 Å². The number of amides is 4. The van der Waals surface area contributed by atoms with Crippen LogP contribution in [0.25, 0.3) is 11.0 Å². The molecule has 1 saturated heterocycles. The Labute approximate surface area is 337 Å². The van der Waals surface area contributed by atoms with Crippen molar-refractivity contribution in [3.8, 4) is 11.6 Å². The van der Waals surface area contributed by atoms with E-state index in [1.165, 1.54) is 12.0 Å². The number of fused-ring (bicyclic) bond motifs is 5. The second-order valence-electron chi connectivity index (χ2n) is 17.8. The molecule has 1 aromatic heterocycles. The summed E-state index contributed by atoms with van der Waals surface area (Å²) in [4.78, 5) is 67.1. The standard InChI is InChI=1S/C40H54F2N6O9S/c1-21-11-16-31-25(21)9-7-6-8-10-28-35(44-29-17-22(55-5)12-15-27(29)43-28)56-23-18-30(48(20-23)36(50)32(39(2,3)4)45-38(52)57-31)34(49)46-40(19-26(40)33(41)42)37(51)47-58(53,54)24-13-14-24/h12,15,17,21,23-26,30-33H,6-11,13-14,16,18-20H2,1-5H3,(H,45,52)(H,46,49)(H,47,51)/t21-,23+,25+,26-,30-,31+,32+,40+/m0/s1. The van der Waals surface area contributed by atoms with Crippen LogP contribution in [0, 0.1) is 23.2 Å². The van der Waals surface area contributed by atoms with Crippen molar-refractivity contribution in [2.75, 3.05) is 13.7 Å². The van der Waals surface area contributed by atoms with Crippen molar-refractivity contribution < 1.29 is 50.6 Å². The molecule has 3 aliphatic carbocycles. The van der Waals surface area contributed by atoms with Crippen molar-refractivity contribution >= 4 is 44.9 Å². The van der Waals surface area contributed by atoms with Gasteiger partial charge in [0, 0.05) is 12.5 Å². The van der Waals surface area contributed by atoms with Crippen LogP contribution in [0.4, 0.5) is 13.6 Å². The lowest BCUT2D eigenvalue weighted by molar-refractivity contribution is -0.143. The molecular formula is C40H54F2N6O9S. The molecule has 0 radical (unpaired) electrons. The second kappa shape index (κ2) is 16.0. The van der Waals surface area contributed by atoms with Gasteiger partial charge in [-0.25, -0.2) is 32.0 Å². The summed E-state index contributed by atoms with van der Waals surface area (Å²) in [6.45, 7) is 7.24. The number of halogens is 2. The number of aromatic nitrogens is 2. The Balaban J connectivity index is 1.24. The van der Waals surface area contributed by atoms with Crippen LogP contribution < -0.4 is 24.8 Å². The molecule has 4 amide bonds. The van der Waals surface area contributed by atoms with Crippen molar-refractivity contribution in [3.05, 3.63) is 23.9 Å². The van der Waals surface area contributed by atoms with Gasteiger partial charge in [-0.1, -0.05) is 40.5 Å². The van der Waals surface area contributed by atoms with E-state index >= 15 is 0 Å². The first-order valence-electron chi connectivity index (χ1n) is 20.4. The predicted molar refractivity (Wildman–Crippen MR) is 206 cm³/mol. The number of sulfonamides is 1. The largest absolute Gasteiger partial charge is 0.497 e. The number of nitrogens with zero attached hydrogens (tertiary/aromatic N) is 3. The van der Waals surface area contributed by atoms with Gasteiger partial charge in [0.2, 0.25) is 34.1 Å². The van der Waals surface area contributed by atoms with E-state index in [4.69, 9.17) is 24.2 Å². The minimum absolute atomic E-state index is 0.137. The van der Waals surface area contributed by atoms with E-state index in [1.54, 1.807) is 39.0 Å². The van der Waals surface area contributed by atoms with Gasteiger partial charge in [0.15, 0.2) is 0 Å². The van der Waals surface area contributed by atoms with E-state index in [0.717, 1.165) is 32.1 Å². The fraction of sp³-hybridized carbons (Fsp3) is 0.700. The zero-order valence-corrected chi connectivity index (χ0v) is 34.4. The third-order valence-electron chi connectivity index (χ3n) is 12.5. The maximum absolute atomic E-state index is 14.7. The number of aryl methyl sites for hydroxylation is 1. The molecule has 18 heteroatoms. The summed E-state index contributed by atoms with van der Waals surface area (Å²) in [5.74, 6) is -3.26. The minimum atomic E-state index is -4.14. The normalized spacial score (nSPS) is 30.9. The highest BCUT2D eigenvalue weighted by molar-refractivity contribution is 7.91. The number of hydrogen-bond acceptors (Lipinski definition) is 11. The lowest BCUT2D eigenvalue weighted by Crippen LogP contribution is -2.60. The van der Waals surface area contributed by atoms with Gasteiger partial charge in [0.05, 0.1) is 35.9 Å². The van der Waals surface area contributed by atoms with Crippen LogP contribution in [0.1, 0.15) is 97.6 Å². The molecule has 318 valence electrons. The monoisotopic (exact) mass is 832 g/mol. The summed E-state index contributed by atoms with van der Waals surface area (Å²) < 4.78 is 73.7. The average molecular weight is 833 g/mol. The molecule has 3 heterocycles. The third-order valence-corrected chi connectivity index (χ3v) is 14.3. The Bertz CT molecular complexity index is 2050. The molecule has 8 atom stereocenters. The molecule has 4 fully saturated rings. The predicted octanol–water partition coefficient (Wildman–Crippen LogP) is 4.41. The Morgan fingerprint density at radius 1 is 1.03 bits per heavy atom.